The number of imidazole rings is 1. The largest absolute Gasteiger partial charge is 0.381 e. The van der Waals surface area contributed by atoms with Crippen molar-refractivity contribution in [1.29, 1.82) is 0 Å². The number of aromatic nitrogens is 2. The van der Waals surface area contributed by atoms with Gasteiger partial charge in [0.05, 0.1) is 18.6 Å². The highest BCUT2D eigenvalue weighted by atomic mass is 16.3. The lowest BCUT2D eigenvalue weighted by Crippen LogP contribution is -2.50. The predicted molar refractivity (Wildman–Crippen MR) is 100 cm³/mol. The fourth-order valence-corrected chi connectivity index (χ4v) is 2.81. The molecule has 1 heterocycles. The zero-order chi connectivity index (χ0) is 19.2. The van der Waals surface area contributed by atoms with Crippen molar-refractivity contribution < 1.29 is 14.7 Å². The van der Waals surface area contributed by atoms with Crippen LogP contribution in [0.15, 0.2) is 73.2 Å². The highest BCUT2D eigenvalue weighted by molar-refractivity contribution is 5.94. The molecule has 7 nitrogen and oxygen atoms in total. The summed E-state index contributed by atoms with van der Waals surface area (Å²) in [5.74, 6) is -1.36. The Bertz CT molecular complexity index is 909. The summed E-state index contributed by atoms with van der Waals surface area (Å²) in [5, 5.41) is 12.9. The molecule has 0 aliphatic heterocycles. The van der Waals surface area contributed by atoms with Crippen LogP contribution >= 0.6 is 0 Å². The van der Waals surface area contributed by atoms with E-state index in [9.17, 15) is 14.7 Å². The first-order valence-electron chi connectivity index (χ1n) is 8.46. The topological polar surface area (TPSA) is 110 Å². The molecular formula is C20H20N4O3. The maximum absolute atomic E-state index is 12.8. The lowest BCUT2D eigenvalue weighted by molar-refractivity contribution is -0.127. The molecule has 0 bridgehead atoms. The summed E-state index contributed by atoms with van der Waals surface area (Å²) in [7, 11) is 0. The van der Waals surface area contributed by atoms with E-state index in [0.29, 0.717) is 0 Å². The molecule has 2 amide bonds. The van der Waals surface area contributed by atoms with Crippen LogP contribution in [-0.4, -0.2) is 38.6 Å². The van der Waals surface area contributed by atoms with Crippen LogP contribution in [0.5, 0.6) is 0 Å². The van der Waals surface area contributed by atoms with Crippen molar-refractivity contribution in [2.75, 3.05) is 0 Å². The number of carbonyl (C=O) groups excluding carboxylic acids is 2. The average Bonchev–Trinajstić information content (AvgIpc) is 3.18. The van der Waals surface area contributed by atoms with Crippen LogP contribution in [0.2, 0.25) is 0 Å². The van der Waals surface area contributed by atoms with Gasteiger partial charge in [0.2, 0.25) is 5.91 Å². The average molecular weight is 364 g/mol. The fraction of sp³-hybridized carbons (Fsp3) is 0.150. The summed E-state index contributed by atoms with van der Waals surface area (Å²) in [6.07, 6.45) is 1.71. The highest BCUT2D eigenvalue weighted by Crippen LogP contribution is 2.12. The number of nitrogens with zero attached hydrogens (tertiary/aromatic N) is 2. The second kappa shape index (κ2) is 8.29. The number of amides is 2. The number of benzene rings is 2. The van der Waals surface area contributed by atoms with E-state index in [1.807, 2.05) is 60.7 Å². The van der Waals surface area contributed by atoms with Crippen LogP contribution in [0.4, 0.5) is 0 Å². The number of para-hydroxylation sites is 1. The van der Waals surface area contributed by atoms with Gasteiger partial charge < -0.3 is 16.2 Å². The third-order valence-electron chi connectivity index (χ3n) is 4.19. The second-order valence-corrected chi connectivity index (χ2v) is 6.10. The molecule has 27 heavy (non-hydrogen) atoms. The first-order chi connectivity index (χ1) is 13.1. The van der Waals surface area contributed by atoms with Gasteiger partial charge in [0, 0.05) is 5.69 Å². The quantitative estimate of drug-likeness (QED) is 0.582. The second-order valence-electron chi connectivity index (χ2n) is 6.10. The van der Waals surface area contributed by atoms with Crippen molar-refractivity contribution in [2.24, 2.45) is 5.73 Å². The predicted octanol–water partition coefficient (Wildman–Crippen LogP) is 1.06. The van der Waals surface area contributed by atoms with Crippen LogP contribution in [0.3, 0.4) is 0 Å². The standard InChI is InChI=1S/C20H20N4O3/c21-19(26)18(25)16(11-14-7-3-1-4-8-14)23-20(27)17-12-22-13-24(17)15-9-5-2-6-10-15/h1-10,12-13,16,18,25H,11H2,(H2,21,26)(H,23,27)/t16-,18?/m0/s1. The molecule has 1 aromatic heterocycles. The van der Waals surface area contributed by atoms with E-state index in [1.54, 1.807) is 4.57 Å². The van der Waals surface area contributed by atoms with Crippen molar-refractivity contribution in [2.45, 2.75) is 18.6 Å². The first-order valence-corrected chi connectivity index (χ1v) is 8.46. The molecule has 0 aliphatic rings. The van der Waals surface area contributed by atoms with Gasteiger partial charge in [-0.15, -0.1) is 0 Å². The van der Waals surface area contributed by atoms with Gasteiger partial charge in [0.25, 0.3) is 5.91 Å². The maximum atomic E-state index is 12.8. The molecule has 7 heteroatoms. The van der Waals surface area contributed by atoms with E-state index >= 15 is 0 Å². The van der Waals surface area contributed by atoms with Gasteiger partial charge in [0.1, 0.15) is 5.69 Å². The molecule has 4 N–H and O–H groups in total. The highest BCUT2D eigenvalue weighted by Gasteiger charge is 2.27. The Labute approximate surface area is 156 Å². The van der Waals surface area contributed by atoms with Crippen molar-refractivity contribution >= 4 is 11.8 Å². The van der Waals surface area contributed by atoms with E-state index < -0.39 is 24.0 Å². The summed E-state index contributed by atoms with van der Waals surface area (Å²) in [6, 6.07) is 17.7. The lowest BCUT2D eigenvalue weighted by atomic mass is 10.0. The van der Waals surface area contributed by atoms with Crippen molar-refractivity contribution in [3.8, 4) is 5.69 Å². The van der Waals surface area contributed by atoms with Crippen LogP contribution < -0.4 is 11.1 Å². The van der Waals surface area contributed by atoms with Crippen molar-refractivity contribution in [3.63, 3.8) is 0 Å². The van der Waals surface area contributed by atoms with E-state index in [0.717, 1.165) is 11.3 Å². The molecule has 0 aliphatic carbocycles. The number of rotatable bonds is 7. The summed E-state index contributed by atoms with van der Waals surface area (Å²) in [4.78, 5) is 28.3. The minimum absolute atomic E-state index is 0.260. The van der Waals surface area contributed by atoms with Crippen LogP contribution in [0.25, 0.3) is 5.69 Å². The van der Waals surface area contributed by atoms with E-state index in [4.69, 9.17) is 5.73 Å². The number of hydrogen-bond acceptors (Lipinski definition) is 4. The Morgan fingerprint density at radius 1 is 1.07 bits per heavy atom. The van der Waals surface area contributed by atoms with E-state index in [-0.39, 0.29) is 12.1 Å². The number of nitrogens with one attached hydrogen (secondary N) is 1. The van der Waals surface area contributed by atoms with Gasteiger partial charge in [-0.05, 0) is 24.1 Å². The third-order valence-corrected chi connectivity index (χ3v) is 4.19. The molecular weight excluding hydrogens is 344 g/mol. The summed E-state index contributed by atoms with van der Waals surface area (Å²) < 4.78 is 1.63. The number of carbonyl (C=O) groups is 2. The number of primary amides is 1. The van der Waals surface area contributed by atoms with E-state index in [2.05, 4.69) is 10.3 Å². The molecule has 2 aromatic carbocycles. The van der Waals surface area contributed by atoms with Gasteiger partial charge >= 0.3 is 0 Å². The minimum Gasteiger partial charge on any atom is -0.381 e. The van der Waals surface area contributed by atoms with Gasteiger partial charge in [-0.25, -0.2) is 4.98 Å². The van der Waals surface area contributed by atoms with Crippen LogP contribution in [0, 0.1) is 0 Å². The van der Waals surface area contributed by atoms with Gasteiger partial charge in [-0.3, -0.25) is 14.2 Å². The van der Waals surface area contributed by atoms with Gasteiger partial charge in [-0.2, -0.15) is 0 Å². The van der Waals surface area contributed by atoms with Crippen molar-refractivity contribution in [3.05, 3.63) is 84.4 Å². The molecule has 1 unspecified atom stereocenters. The Morgan fingerprint density at radius 2 is 1.70 bits per heavy atom. The molecule has 138 valence electrons. The first kappa shape index (κ1) is 18.3. The molecule has 3 aromatic rings. The minimum atomic E-state index is -1.51. The smallest absolute Gasteiger partial charge is 0.270 e. The summed E-state index contributed by atoms with van der Waals surface area (Å²) in [6.45, 7) is 0. The van der Waals surface area contributed by atoms with Crippen LogP contribution in [-0.2, 0) is 11.2 Å². The third kappa shape index (κ3) is 4.39. The van der Waals surface area contributed by atoms with Gasteiger partial charge in [-0.1, -0.05) is 48.5 Å². The number of aliphatic hydroxyl groups is 1. The molecule has 0 spiro atoms. The molecule has 0 fully saturated rings. The fourth-order valence-electron chi connectivity index (χ4n) is 2.81. The molecule has 0 radical (unpaired) electrons. The van der Waals surface area contributed by atoms with E-state index in [1.165, 1.54) is 12.5 Å². The Balaban J connectivity index is 1.83. The monoisotopic (exact) mass is 364 g/mol. The normalized spacial score (nSPS) is 12.9. The molecule has 2 atom stereocenters. The lowest BCUT2D eigenvalue weighted by Gasteiger charge is -2.22. The Kier molecular flexibility index (Phi) is 5.63. The Morgan fingerprint density at radius 3 is 2.33 bits per heavy atom. The summed E-state index contributed by atoms with van der Waals surface area (Å²) in [5.41, 5.74) is 7.17. The molecule has 3 rings (SSSR count). The molecule has 0 saturated carbocycles. The van der Waals surface area contributed by atoms with Crippen molar-refractivity contribution in [1.82, 2.24) is 14.9 Å². The number of nitrogens with two attached hydrogens (primary N) is 1. The molecule has 0 saturated heterocycles. The zero-order valence-corrected chi connectivity index (χ0v) is 14.5. The van der Waals surface area contributed by atoms with Crippen LogP contribution in [0.1, 0.15) is 16.1 Å². The zero-order valence-electron chi connectivity index (χ0n) is 14.5. The maximum Gasteiger partial charge on any atom is 0.270 e. The van der Waals surface area contributed by atoms with Gasteiger partial charge in [0.15, 0.2) is 6.10 Å². The summed E-state index contributed by atoms with van der Waals surface area (Å²) >= 11 is 0. The number of hydrogen-bond donors (Lipinski definition) is 3. The Hall–Kier alpha value is -3.45. The SMILES string of the molecule is NC(=O)C(O)[C@H](Cc1ccccc1)NC(=O)c1cncn1-c1ccccc1. The number of aliphatic hydroxyl groups excluding tert-OH is 1.